The molecule has 1 aliphatic rings. The summed E-state index contributed by atoms with van der Waals surface area (Å²) in [4.78, 5) is 25.3. The van der Waals surface area contributed by atoms with Crippen LogP contribution >= 0.6 is 0 Å². The minimum atomic E-state index is -2.06. The number of aryl methyl sites for hydroxylation is 1. The fourth-order valence-corrected chi connectivity index (χ4v) is 6.38. The number of ether oxygens (including phenoxy) is 1. The van der Waals surface area contributed by atoms with E-state index in [9.17, 15) is 4.79 Å². The summed E-state index contributed by atoms with van der Waals surface area (Å²) in [5.74, 6) is 0.497. The molecule has 1 aliphatic heterocycles. The Morgan fingerprint density at radius 3 is 2.36 bits per heavy atom. The summed E-state index contributed by atoms with van der Waals surface area (Å²) in [6, 6.07) is 0. The van der Waals surface area contributed by atoms with Gasteiger partial charge in [0.1, 0.15) is 12.3 Å². The first-order valence-electron chi connectivity index (χ1n) is 12.8. The van der Waals surface area contributed by atoms with E-state index < -0.39 is 16.6 Å². The molecule has 3 atom stereocenters. The molecule has 3 aromatic heterocycles. The first kappa shape index (κ1) is 27.2. The lowest BCUT2D eigenvalue weighted by atomic mass is 10.2. The zero-order valence-electron chi connectivity index (χ0n) is 23.7. The molecule has 4 rings (SSSR count). The van der Waals surface area contributed by atoms with Crippen molar-refractivity contribution in [3.8, 4) is 0 Å². The van der Waals surface area contributed by atoms with E-state index in [2.05, 4.69) is 77.7 Å². The molecule has 3 aromatic rings. The van der Waals surface area contributed by atoms with Gasteiger partial charge in [0, 0.05) is 18.3 Å². The van der Waals surface area contributed by atoms with Crippen LogP contribution in [0, 0.1) is 6.92 Å². The fraction of sp³-hybridized carbons (Fsp3) is 0.720. The van der Waals surface area contributed by atoms with Crippen LogP contribution in [0.3, 0.4) is 0 Å². The maximum Gasteiger partial charge on any atom is 0.287 e. The van der Waals surface area contributed by atoms with Crippen LogP contribution in [0.1, 0.15) is 59.9 Å². The second kappa shape index (κ2) is 8.90. The molecular weight excluding hydrogens is 490 g/mol. The van der Waals surface area contributed by atoms with Crippen molar-refractivity contribution in [3.05, 3.63) is 28.6 Å². The third-order valence-corrected chi connectivity index (χ3v) is 17.4. The van der Waals surface area contributed by atoms with Gasteiger partial charge in [0.25, 0.3) is 5.56 Å². The minimum absolute atomic E-state index is 0.0744. The average Bonchev–Trinajstić information content (AvgIpc) is 3.41. The van der Waals surface area contributed by atoms with Gasteiger partial charge in [-0.1, -0.05) is 41.5 Å². The maximum absolute atomic E-state index is 13.0. The summed E-state index contributed by atoms with van der Waals surface area (Å²) in [6.45, 7) is 24.9. The van der Waals surface area contributed by atoms with Gasteiger partial charge >= 0.3 is 0 Å². The Morgan fingerprint density at radius 2 is 1.75 bits per heavy atom. The number of hydrogen-bond donors (Lipinski definition) is 1. The van der Waals surface area contributed by atoms with Crippen LogP contribution in [0.2, 0.25) is 36.3 Å². The quantitative estimate of drug-likeness (QED) is 0.427. The van der Waals surface area contributed by atoms with Crippen LogP contribution in [0.5, 0.6) is 0 Å². The highest BCUT2D eigenvalue weighted by Crippen LogP contribution is 2.42. The predicted molar refractivity (Wildman–Crippen MR) is 148 cm³/mol. The van der Waals surface area contributed by atoms with Crippen LogP contribution in [0.15, 0.2) is 17.3 Å². The standard InChI is InChI=1S/C25H43N5O4Si2/c1-16-13-29-22(31)20-21(28-23(29)27-16)30(15-26-20)19-12-17(34-36(10,11)25(5,6)7)18(33-19)14-32-35(8,9)24(2,3)4/h13,15,17-19H,12,14H2,1-11H3,(H,27,28)/t17-,18+,19+/m0/s1. The summed E-state index contributed by atoms with van der Waals surface area (Å²) >= 11 is 0. The molecule has 200 valence electrons. The number of imidazole rings is 2. The van der Waals surface area contributed by atoms with E-state index >= 15 is 0 Å². The molecule has 0 radical (unpaired) electrons. The molecule has 1 N–H and O–H groups in total. The Morgan fingerprint density at radius 1 is 1.11 bits per heavy atom. The molecule has 0 aliphatic carbocycles. The molecule has 0 spiro atoms. The Balaban J connectivity index is 1.67. The summed E-state index contributed by atoms with van der Waals surface area (Å²) in [5.41, 5.74) is 1.52. The van der Waals surface area contributed by atoms with E-state index in [-0.39, 0.29) is 34.1 Å². The second-order valence-corrected chi connectivity index (χ2v) is 22.8. The van der Waals surface area contributed by atoms with E-state index in [0.717, 1.165) is 5.69 Å². The van der Waals surface area contributed by atoms with Gasteiger partial charge in [-0.3, -0.25) is 9.36 Å². The summed E-state index contributed by atoms with van der Waals surface area (Å²) in [6.07, 6.45) is 3.38. The van der Waals surface area contributed by atoms with Crippen LogP contribution in [0.25, 0.3) is 16.9 Å². The van der Waals surface area contributed by atoms with Gasteiger partial charge in [-0.05, 0) is 43.2 Å². The van der Waals surface area contributed by atoms with E-state index in [0.29, 0.717) is 30.0 Å². The lowest BCUT2D eigenvalue weighted by Gasteiger charge is -2.40. The van der Waals surface area contributed by atoms with Crippen molar-refractivity contribution in [1.29, 1.82) is 0 Å². The number of hydrogen-bond acceptors (Lipinski definition) is 6. The van der Waals surface area contributed by atoms with E-state index in [1.165, 1.54) is 4.40 Å². The minimum Gasteiger partial charge on any atom is -0.414 e. The molecular formula is C25H43N5O4Si2. The molecule has 36 heavy (non-hydrogen) atoms. The maximum atomic E-state index is 13.0. The van der Waals surface area contributed by atoms with Gasteiger partial charge in [-0.15, -0.1) is 0 Å². The Hall–Kier alpha value is -1.80. The lowest BCUT2D eigenvalue weighted by Crippen LogP contribution is -2.48. The zero-order chi connectivity index (χ0) is 26.8. The smallest absolute Gasteiger partial charge is 0.287 e. The fourth-order valence-electron chi connectivity index (χ4n) is 4.01. The van der Waals surface area contributed by atoms with Crippen molar-refractivity contribution in [1.82, 2.24) is 23.9 Å². The predicted octanol–water partition coefficient (Wildman–Crippen LogP) is 5.38. The van der Waals surface area contributed by atoms with E-state index in [1.54, 1.807) is 12.5 Å². The van der Waals surface area contributed by atoms with Crippen LogP contribution < -0.4 is 5.56 Å². The van der Waals surface area contributed by atoms with Gasteiger partial charge in [-0.2, -0.15) is 4.98 Å². The highest BCUT2D eigenvalue weighted by atomic mass is 28.4. The summed E-state index contributed by atoms with van der Waals surface area (Å²) in [7, 11) is -4.03. The number of fused-ring (bicyclic) bond motifs is 2. The molecule has 4 heterocycles. The number of rotatable bonds is 6. The summed E-state index contributed by atoms with van der Waals surface area (Å²) in [5, 5.41) is 0.179. The van der Waals surface area contributed by atoms with Crippen LogP contribution in [0.4, 0.5) is 0 Å². The van der Waals surface area contributed by atoms with Crippen molar-refractivity contribution in [3.63, 3.8) is 0 Å². The second-order valence-electron chi connectivity index (χ2n) is 13.2. The Labute approximate surface area is 215 Å². The normalized spacial score (nSPS) is 22.2. The molecule has 0 bridgehead atoms. The van der Waals surface area contributed by atoms with E-state index in [1.807, 2.05) is 11.5 Å². The van der Waals surface area contributed by atoms with Crippen LogP contribution in [-0.4, -0.2) is 59.4 Å². The zero-order valence-corrected chi connectivity index (χ0v) is 25.7. The van der Waals surface area contributed by atoms with Crippen LogP contribution in [-0.2, 0) is 13.6 Å². The highest BCUT2D eigenvalue weighted by molar-refractivity contribution is 6.74. The molecule has 0 saturated carbocycles. The van der Waals surface area contributed by atoms with Gasteiger partial charge in [-0.25, -0.2) is 9.38 Å². The molecule has 0 amide bonds. The topological polar surface area (TPSA) is 95.7 Å². The van der Waals surface area contributed by atoms with Crippen molar-refractivity contribution in [2.24, 2.45) is 0 Å². The van der Waals surface area contributed by atoms with Gasteiger partial charge in [0.2, 0.25) is 5.78 Å². The van der Waals surface area contributed by atoms with E-state index in [4.69, 9.17) is 18.6 Å². The molecule has 11 heteroatoms. The molecule has 1 fully saturated rings. The first-order valence-corrected chi connectivity index (χ1v) is 18.6. The van der Waals surface area contributed by atoms with Gasteiger partial charge in [0.05, 0.1) is 19.0 Å². The SMILES string of the molecule is Cc1cn2c(=O)c3ncn([C@H]4C[C@H](O[Si](C)(C)C(C)(C)C)[C@@H](CO[Si](C)(C)C(C)(C)C)O4)c3nc2[nH]1. The van der Waals surface area contributed by atoms with Gasteiger partial charge in [0.15, 0.2) is 27.8 Å². The molecule has 1 saturated heterocycles. The third kappa shape index (κ3) is 4.87. The molecule has 9 nitrogen and oxygen atoms in total. The average molecular weight is 534 g/mol. The number of nitrogens with zero attached hydrogens (tertiary/aromatic N) is 4. The number of H-pyrrole nitrogens is 1. The monoisotopic (exact) mass is 533 g/mol. The lowest BCUT2D eigenvalue weighted by molar-refractivity contribution is -0.0383. The number of aromatic amines is 1. The Kier molecular flexibility index (Phi) is 6.74. The van der Waals surface area contributed by atoms with Crippen molar-refractivity contribution < 1.29 is 13.6 Å². The number of aromatic nitrogens is 5. The van der Waals surface area contributed by atoms with Crippen molar-refractivity contribution in [2.45, 2.75) is 110 Å². The van der Waals surface area contributed by atoms with Gasteiger partial charge < -0.3 is 18.6 Å². The van der Waals surface area contributed by atoms with Crippen molar-refractivity contribution >= 4 is 33.6 Å². The molecule has 0 unspecified atom stereocenters. The largest absolute Gasteiger partial charge is 0.414 e. The first-order chi connectivity index (χ1) is 16.4. The molecule has 0 aromatic carbocycles. The summed E-state index contributed by atoms with van der Waals surface area (Å²) < 4.78 is 23.5. The Bertz CT molecular complexity index is 1310. The third-order valence-electron chi connectivity index (χ3n) is 8.42. The van der Waals surface area contributed by atoms with Crippen molar-refractivity contribution in [2.75, 3.05) is 6.61 Å². The highest BCUT2D eigenvalue weighted by Gasteiger charge is 2.47. The number of nitrogens with one attached hydrogen (secondary N) is 1.